The number of hydrogen-bond donors (Lipinski definition) is 0. The summed E-state index contributed by atoms with van der Waals surface area (Å²) < 4.78 is 11.5. The maximum atomic E-state index is 12.6. The van der Waals surface area contributed by atoms with E-state index >= 15 is 0 Å². The van der Waals surface area contributed by atoms with Crippen molar-refractivity contribution in [1.29, 1.82) is 0 Å². The van der Waals surface area contributed by atoms with Crippen molar-refractivity contribution in [1.82, 2.24) is 0 Å². The van der Waals surface area contributed by atoms with Crippen molar-refractivity contribution >= 4 is 11.6 Å². The third kappa shape index (κ3) is 1.49. The Hall–Kier alpha value is -1.39. The van der Waals surface area contributed by atoms with Gasteiger partial charge in [0.1, 0.15) is 0 Å². The molecule has 1 spiro atoms. The maximum Gasteiger partial charge on any atom is 0.292 e. The van der Waals surface area contributed by atoms with Gasteiger partial charge in [0, 0.05) is 12.1 Å². The van der Waals surface area contributed by atoms with Gasteiger partial charge in [0.15, 0.2) is 0 Å². The van der Waals surface area contributed by atoms with Crippen LogP contribution in [0, 0.1) is 0 Å². The molecule has 2 heterocycles. The predicted octanol–water partition coefficient (Wildman–Crippen LogP) is 2.03. The zero-order valence-corrected chi connectivity index (χ0v) is 10.5. The number of carbonyl (C=O) groups excluding carboxylic acids is 1. The number of amides is 1. The minimum absolute atomic E-state index is 0.0785. The minimum atomic E-state index is -1.18. The number of fused-ring (bicyclic) bond motifs is 2. The molecule has 1 aromatic carbocycles. The largest absolute Gasteiger partial charge is 0.338 e. The number of anilines is 1. The van der Waals surface area contributed by atoms with E-state index in [1.807, 2.05) is 24.3 Å². The Morgan fingerprint density at radius 3 is 2.72 bits per heavy atom. The van der Waals surface area contributed by atoms with Crippen molar-refractivity contribution in [3.8, 4) is 0 Å². The molecular weight excluding hydrogens is 230 g/mol. The SMILES string of the molecule is CCCN1C(=O)C2(OCCCO2)c2ccccc21. The molecule has 1 saturated heterocycles. The Morgan fingerprint density at radius 2 is 2.00 bits per heavy atom. The smallest absolute Gasteiger partial charge is 0.292 e. The molecule has 18 heavy (non-hydrogen) atoms. The van der Waals surface area contributed by atoms with Crippen LogP contribution in [0.1, 0.15) is 25.3 Å². The lowest BCUT2D eigenvalue weighted by Crippen LogP contribution is -2.47. The highest BCUT2D eigenvalue weighted by atomic mass is 16.7. The normalized spacial score (nSPS) is 21.4. The van der Waals surface area contributed by atoms with Gasteiger partial charge in [-0.15, -0.1) is 0 Å². The fourth-order valence-electron chi connectivity index (χ4n) is 2.65. The zero-order valence-electron chi connectivity index (χ0n) is 10.5. The van der Waals surface area contributed by atoms with Gasteiger partial charge in [-0.3, -0.25) is 4.79 Å². The quantitative estimate of drug-likeness (QED) is 0.802. The van der Waals surface area contributed by atoms with E-state index < -0.39 is 5.79 Å². The fourth-order valence-corrected chi connectivity index (χ4v) is 2.65. The summed E-state index contributed by atoms with van der Waals surface area (Å²) in [7, 11) is 0. The van der Waals surface area contributed by atoms with Gasteiger partial charge in [0.2, 0.25) is 0 Å². The number of hydrogen-bond acceptors (Lipinski definition) is 3. The summed E-state index contributed by atoms with van der Waals surface area (Å²) in [6.45, 7) is 3.90. The second kappa shape index (κ2) is 4.37. The predicted molar refractivity (Wildman–Crippen MR) is 67.3 cm³/mol. The molecule has 1 fully saturated rings. The van der Waals surface area contributed by atoms with Gasteiger partial charge in [-0.1, -0.05) is 25.1 Å². The summed E-state index contributed by atoms with van der Waals surface area (Å²) in [6, 6.07) is 7.74. The van der Waals surface area contributed by atoms with Crippen molar-refractivity contribution in [2.45, 2.75) is 25.6 Å². The van der Waals surface area contributed by atoms with Crippen LogP contribution in [0.3, 0.4) is 0 Å². The van der Waals surface area contributed by atoms with Crippen LogP contribution in [0.2, 0.25) is 0 Å². The average molecular weight is 247 g/mol. The maximum absolute atomic E-state index is 12.6. The Labute approximate surface area is 106 Å². The second-order valence-corrected chi connectivity index (χ2v) is 4.64. The Bertz CT molecular complexity index is 466. The van der Waals surface area contributed by atoms with Gasteiger partial charge in [0.25, 0.3) is 11.7 Å². The number of nitrogens with zero attached hydrogens (tertiary/aromatic N) is 1. The molecule has 2 aliphatic heterocycles. The molecule has 0 unspecified atom stereocenters. The summed E-state index contributed by atoms with van der Waals surface area (Å²) in [5.74, 6) is -1.26. The van der Waals surface area contributed by atoms with E-state index in [0.717, 1.165) is 24.1 Å². The van der Waals surface area contributed by atoms with Gasteiger partial charge in [-0.2, -0.15) is 0 Å². The van der Waals surface area contributed by atoms with Crippen LogP contribution in [0.25, 0.3) is 0 Å². The molecule has 0 bridgehead atoms. The van der Waals surface area contributed by atoms with Crippen LogP contribution >= 0.6 is 0 Å². The standard InChI is InChI=1S/C14H17NO3/c1-2-8-15-12-7-4-3-6-11(12)14(13(15)16)17-9-5-10-18-14/h3-4,6-7H,2,5,8-10H2,1H3. The first kappa shape index (κ1) is 11.7. The van der Waals surface area contributed by atoms with E-state index in [4.69, 9.17) is 9.47 Å². The first-order chi connectivity index (χ1) is 8.79. The highest BCUT2D eigenvalue weighted by Crippen LogP contribution is 2.44. The molecule has 0 aromatic heterocycles. The molecule has 1 amide bonds. The molecule has 4 nitrogen and oxygen atoms in total. The van der Waals surface area contributed by atoms with Crippen molar-refractivity contribution in [3.63, 3.8) is 0 Å². The van der Waals surface area contributed by atoms with Crippen molar-refractivity contribution in [2.75, 3.05) is 24.7 Å². The lowest BCUT2D eigenvalue weighted by molar-refractivity contribution is -0.256. The summed E-state index contributed by atoms with van der Waals surface area (Å²) in [5, 5.41) is 0. The molecule has 0 saturated carbocycles. The topological polar surface area (TPSA) is 38.8 Å². The Morgan fingerprint density at radius 1 is 1.28 bits per heavy atom. The molecule has 1 aromatic rings. The van der Waals surface area contributed by atoms with E-state index in [-0.39, 0.29) is 5.91 Å². The first-order valence-electron chi connectivity index (χ1n) is 6.49. The third-order valence-electron chi connectivity index (χ3n) is 3.42. The summed E-state index contributed by atoms with van der Waals surface area (Å²) >= 11 is 0. The highest BCUT2D eigenvalue weighted by Gasteiger charge is 2.54. The Kier molecular flexibility index (Phi) is 2.84. The number of rotatable bonds is 2. The number of ether oxygens (including phenoxy) is 2. The van der Waals surface area contributed by atoms with E-state index in [1.165, 1.54) is 0 Å². The van der Waals surface area contributed by atoms with Crippen LogP contribution in [0.5, 0.6) is 0 Å². The lowest BCUT2D eigenvalue weighted by Gasteiger charge is -2.32. The molecule has 2 aliphatic rings. The van der Waals surface area contributed by atoms with Crippen molar-refractivity contribution in [2.24, 2.45) is 0 Å². The van der Waals surface area contributed by atoms with Crippen LogP contribution in [-0.2, 0) is 20.1 Å². The molecule has 0 aliphatic carbocycles. The Balaban J connectivity index is 2.08. The van der Waals surface area contributed by atoms with Crippen LogP contribution < -0.4 is 4.90 Å². The van der Waals surface area contributed by atoms with Gasteiger partial charge in [0.05, 0.1) is 18.9 Å². The molecule has 3 rings (SSSR count). The van der Waals surface area contributed by atoms with E-state index in [2.05, 4.69) is 6.92 Å². The number of carbonyl (C=O) groups is 1. The molecule has 4 heteroatoms. The van der Waals surface area contributed by atoms with E-state index in [9.17, 15) is 4.79 Å². The van der Waals surface area contributed by atoms with Crippen LogP contribution in [0.15, 0.2) is 24.3 Å². The van der Waals surface area contributed by atoms with E-state index in [1.54, 1.807) is 4.90 Å². The van der Waals surface area contributed by atoms with Gasteiger partial charge < -0.3 is 14.4 Å². The monoisotopic (exact) mass is 247 g/mol. The summed E-state index contributed by atoms with van der Waals surface area (Å²) in [4.78, 5) is 14.4. The minimum Gasteiger partial charge on any atom is -0.338 e. The summed E-state index contributed by atoms with van der Waals surface area (Å²) in [5.41, 5.74) is 1.77. The number of para-hydroxylation sites is 1. The lowest BCUT2D eigenvalue weighted by atomic mass is 10.1. The van der Waals surface area contributed by atoms with Gasteiger partial charge in [-0.25, -0.2) is 0 Å². The second-order valence-electron chi connectivity index (χ2n) is 4.64. The summed E-state index contributed by atoms with van der Waals surface area (Å²) in [6.07, 6.45) is 1.75. The number of benzene rings is 1. The zero-order chi connectivity index (χ0) is 12.6. The van der Waals surface area contributed by atoms with Crippen molar-refractivity contribution < 1.29 is 14.3 Å². The molecular formula is C14H17NO3. The molecule has 0 N–H and O–H groups in total. The molecule has 0 atom stereocenters. The van der Waals surface area contributed by atoms with Crippen molar-refractivity contribution in [3.05, 3.63) is 29.8 Å². The van der Waals surface area contributed by atoms with Crippen LogP contribution in [0.4, 0.5) is 5.69 Å². The van der Waals surface area contributed by atoms with Gasteiger partial charge >= 0.3 is 0 Å². The van der Waals surface area contributed by atoms with Crippen LogP contribution in [-0.4, -0.2) is 25.7 Å². The third-order valence-corrected chi connectivity index (χ3v) is 3.42. The average Bonchev–Trinajstić information content (AvgIpc) is 2.64. The molecule has 96 valence electrons. The van der Waals surface area contributed by atoms with E-state index in [0.29, 0.717) is 19.8 Å². The van der Waals surface area contributed by atoms with Gasteiger partial charge in [-0.05, 0) is 18.9 Å². The highest BCUT2D eigenvalue weighted by molar-refractivity contribution is 6.06. The first-order valence-corrected chi connectivity index (χ1v) is 6.49. The fraction of sp³-hybridized carbons (Fsp3) is 0.500. The molecule has 0 radical (unpaired) electrons.